The van der Waals surface area contributed by atoms with E-state index in [1.165, 1.54) is 18.2 Å². The number of ether oxygens (including phenoxy) is 2. The molecule has 4 rings (SSSR count). The molecule has 146 valence electrons. The van der Waals surface area contributed by atoms with Crippen LogP contribution in [0.15, 0.2) is 42.5 Å². The first-order chi connectivity index (χ1) is 14.0. The highest BCUT2D eigenvalue weighted by molar-refractivity contribution is 6.35. The smallest absolute Gasteiger partial charge is 0.270 e. The van der Waals surface area contributed by atoms with Gasteiger partial charge in [-0.05, 0) is 36.4 Å². The lowest BCUT2D eigenvalue weighted by molar-refractivity contribution is -0.384. The normalized spacial score (nSPS) is 13.9. The number of methoxy groups -OCH3 is 2. The van der Waals surface area contributed by atoms with Crippen LogP contribution < -0.4 is 14.8 Å². The maximum atomic E-state index is 12.3. The van der Waals surface area contributed by atoms with Gasteiger partial charge >= 0.3 is 0 Å². The Hall–Kier alpha value is -4.14. The number of aromatic nitrogens is 2. The van der Waals surface area contributed by atoms with Gasteiger partial charge in [0.1, 0.15) is 0 Å². The molecule has 0 saturated carbocycles. The molecule has 2 aromatic carbocycles. The fourth-order valence-electron chi connectivity index (χ4n) is 3.14. The van der Waals surface area contributed by atoms with Gasteiger partial charge in [-0.3, -0.25) is 20.0 Å². The van der Waals surface area contributed by atoms with Crippen LogP contribution in [0.5, 0.6) is 11.5 Å². The van der Waals surface area contributed by atoms with E-state index in [0.29, 0.717) is 39.7 Å². The van der Waals surface area contributed by atoms with E-state index in [4.69, 9.17) is 9.47 Å². The Kier molecular flexibility index (Phi) is 4.47. The van der Waals surface area contributed by atoms with Crippen molar-refractivity contribution < 1.29 is 19.2 Å². The molecule has 2 heterocycles. The van der Waals surface area contributed by atoms with Crippen LogP contribution in [0.2, 0.25) is 0 Å². The minimum absolute atomic E-state index is 0.0817. The molecule has 0 spiro atoms. The van der Waals surface area contributed by atoms with Crippen LogP contribution in [0, 0.1) is 10.1 Å². The van der Waals surface area contributed by atoms with E-state index in [1.807, 2.05) is 6.07 Å². The third kappa shape index (κ3) is 3.29. The molecule has 29 heavy (non-hydrogen) atoms. The molecular weight excluding hydrogens is 376 g/mol. The maximum Gasteiger partial charge on any atom is 0.270 e. The average Bonchev–Trinajstić information content (AvgIpc) is 3.32. The van der Waals surface area contributed by atoms with Crippen LogP contribution in [-0.2, 0) is 4.79 Å². The Morgan fingerprint density at radius 1 is 1.07 bits per heavy atom. The SMILES string of the molecule is COc1ccc(-c2cc(/C=C3\C(=O)Nc4ccc([N+](=O)[O-])cc43)[nH]n2)cc1OC. The van der Waals surface area contributed by atoms with Crippen molar-refractivity contribution in [2.24, 2.45) is 0 Å². The summed E-state index contributed by atoms with van der Waals surface area (Å²) in [5, 5.41) is 20.9. The number of fused-ring (bicyclic) bond motifs is 1. The topological polar surface area (TPSA) is 119 Å². The number of amides is 1. The molecule has 1 amide bonds. The highest BCUT2D eigenvalue weighted by Crippen LogP contribution is 2.36. The van der Waals surface area contributed by atoms with Crippen molar-refractivity contribution >= 4 is 28.9 Å². The number of non-ortho nitro benzene ring substituents is 1. The van der Waals surface area contributed by atoms with Gasteiger partial charge in [-0.2, -0.15) is 5.10 Å². The second-order valence-corrected chi connectivity index (χ2v) is 6.28. The second kappa shape index (κ2) is 7.12. The van der Waals surface area contributed by atoms with E-state index in [-0.39, 0.29) is 11.6 Å². The Bertz CT molecular complexity index is 1170. The summed E-state index contributed by atoms with van der Waals surface area (Å²) in [7, 11) is 3.11. The van der Waals surface area contributed by atoms with Crippen molar-refractivity contribution in [3.05, 3.63) is 63.8 Å². The second-order valence-electron chi connectivity index (χ2n) is 6.28. The van der Waals surface area contributed by atoms with Gasteiger partial charge in [0.05, 0.1) is 36.1 Å². The molecule has 0 atom stereocenters. The fraction of sp³-hybridized carbons (Fsp3) is 0.100. The third-order valence-corrected chi connectivity index (χ3v) is 4.57. The number of carbonyl (C=O) groups excluding carboxylic acids is 1. The van der Waals surface area contributed by atoms with Gasteiger partial charge in [-0.1, -0.05) is 0 Å². The van der Waals surface area contributed by atoms with Gasteiger partial charge in [0.2, 0.25) is 0 Å². The molecule has 1 aromatic heterocycles. The number of benzene rings is 2. The lowest BCUT2D eigenvalue weighted by atomic mass is 10.0. The van der Waals surface area contributed by atoms with Crippen LogP contribution in [0.25, 0.3) is 22.9 Å². The quantitative estimate of drug-likeness (QED) is 0.390. The molecule has 9 heteroatoms. The summed E-state index contributed by atoms with van der Waals surface area (Å²) < 4.78 is 10.6. The number of rotatable bonds is 5. The summed E-state index contributed by atoms with van der Waals surface area (Å²) in [4.78, 5) is 22.9. The number of hydrogen-bond acceptors (Lipinski definition) is 6. The van der Waals surface area contributed by atoms with Gasteiger partial charge in [0.15, 0.2) is 11.5 Å². The van der Waals surface area contributed by atoms with E-state index in [9.17, 15) is 14.9 Å². The van der Waals surface area contributed by atoms with E-state index >= 15 is 0 Å². The first-order valence-electron chi connectivity index (χ1n) is 8.60. The number of nitrogens with one attached hydrogen (secondary N) is 2. The van der Waals surface area contributed by atoms with Crippen LogP contribution in [0.3, 0.4) is 0 Å². The zero-order valence-electron chi connectivity index (χ0n) is 15.6. The summed E-state index contributed by atoms with van der Waals surface area (Å²) in [6.45, 7) is 0. The number of nitro groups is 1. The van der Waals surface area contributed by atoms with Gasteiger partial charge in [-0.25, -0.2) is 0 Å². The van der Waals surface area contributed by atoms with Gasteiger partial charge in [0, 0.05) is 28.9 Å². The predicted molar refractivity (Wildman–Crippen MR) is 107 cm³/mol. The van der Waals surface area contributed by atoms with Crippen molar-refractivity contribution in [3.63, 3.8) is 0 Å². The standard InChI is InChI=1S/C20H16N4O5/c1-28-18-6-3-11(7-19(18)29-2)17-9-12(22-23-17)8-15-14-10-13(24(26)27)4-5-16(14)21-20(15)25/h3-10H,1-2H3,(H,21,25)(H,22,23)/b15-8-. The molecule has 1 aliphatic heterocycles. The number of nitro benzene ring substituents is 1. The van der Waals surface area contributed by atoms with E-state index < -0.39 is 4.92 Å². The molecule has 3 aromatic rings. The van der Waals surface area contributed by atoms with Crippen molar-refractivity contribution in [1.82, 2.24) is 10.2 Å². The molecule has 0 fully saturated rings. The Labute approximate surface area is 165 Å². The molecule has 0 aliphatic carbocycles. The monoisotopic (exact) mass is 392 g/mol. The highest BCUT2D eigenvalue weighted by atomic mass is 16.6. The van der Waals surface area contributed by atoms with E-state index in [0.717, 1.165) is 5.56 Å². The van der Waals surface area contributed by atoms with Crippen molar-refractivity contribution in [2.45, 2.75) is 0 Å². The number of carbonyl (C=O) groups is 1. The number of hydrogen-bond donors (Lipinski definition) is 2. The summed E-state index contributed by atoms with van der Waals surface area (Å²) in [5.41, 5.74) is 3.29. The van der Waals surface area contributed by atoms with Crippen LogP contribution in [-0.4, -0.2) is 35.2 Å². The molecular formula is C20H16N4O5. The molecule has 2 N–H and O–H groups in total. The molecule has 9 nitrogen and oxygen atoms in total. The maximum absolute atomic E-state index is 12.3. The molecule has 0 unspecified atom stereocenters. The largest absolute Gasteiger partial charge is 0.493 e. The Balaban J connectivity index is 1.70. The zero-order valence-corrected chi connectivity index (χ0v) is 15.6. The zero-order chi connectivity index (χ0) is 20.5. The fourth-order valence-corrected chi connectivity index (χ4v) is 3.14. The van der Waals surface area contributed by atoms with Crippen molar-refractivity contribution in [1.29, 1.82) is 0 Å². The van der Waals surface area contributed by atoms with Gasteiger partial charge in [-0.15, -0.1) is 0 Å². The third-order valence-electron chi connectivity index (χ3n) is 4.57. The predicted octanol–water partition coefficient (Wildman–Crippen LogP) is 3.49. The minimum Gasteiger partial charge on any atom is -0.493 e. The highest BCUT2D eigenvalue weighted by Gasteiger charge is 2.26. The summed E-state index contributed by atoms with van der Waals surface area (Å²) in [5.74, 6) is 0.849. The van der Waals surface area contributed by atoms with Crippen LogP contribution in [0.4, 0.5) is 11.4 Å². The summed E-state index contributed by atoms with van der Waals surface area (Å²) >= 11 is 0. The van der Waals surface area contributed by atoms with Crippen molar-refractivity contribution in [2.75, 3.05) is 19.5 Å². The molecule has 0 radical (unpaired) electrons. The van der Waals surface area contributed by atoms with Crippen molar-refractivity contribution in [3.8, 4) is 22.8 Å². The van der Waals surface area contributed by atoms with Crippen LogP contribution >= 0.6 is 0 Å². The Morgan fingerprint density at radius 2 is 1.86 bits per heavy atom. The van der Waals surface area contributed by atoms with Gasteiger partial charge in [0.25, 0.3) is 11.6 Å². The lowest BCUT2D eigenvalue weighted by Gasteiger charge is -2.08. The molecule has 0 saturated heterocycles. The minimum atomic E-state index is -0.494. The lowest BCUT2D eigenvalue weighted by Crippen LogP contribution is -2.03. The van der Waals surface area contributed by atoms with E-state index in [1.54, 1.807) is 38.5 Å². The first kappa shape index (κ1) is 18.2. The number of anilines is 1. The first-order valence-corrected chi connectivity index (χ1v) is 8.60. The average molecular weight is 392 g/mol. The molecule has 0 bridgehead atoms. The Morgan fingerprint density at radius 3 is 2.59 bits per heavy atom. The summed E-state index contributed by atoms with van der Waals surface area (Å²) in [6, 6.07) is 11.5. The number of H-pyrrole nitrogens is 1. The van der Waals surface area contributed by atoms with Gasteiger partial charge < -0.3 is 14.8 Å². The summed E-state index contributed by atoms with van der Waals surface area (Å²) in [6.07, 6.45) is 1.61. The number of aromatic amines is 1. The number of nitrogens with zero attached hydrogens (tertiary/aromatic N) is 2. The van der Waals surface area contributed by atoms with E-state index in [2.05, 4.69) is 15.5 Å². The van der Waals surface area contributed by atoms with Crippen LogP contribution in [0.1, 0.15) is 11.3 Å². The molecule has 1 aliphatic rings.